The lowest BCUT2D eigenvalue weighted by Crippen LogP contribution is -2.02. The van der Waals surface area contributed by atoms with Crippen LogP contribution in [0.2, 0.25) is 0 Å². The molecule has 2 N–H and O–H groups in total. The molecule has 0 fully saturated rings. The monoisotopic (exact) mass is 444 g/mol. The number of nitrogens with one attached hydrogen (secondary N) is 2. The zero-order valence-electron chi connectivity index (χ0n) is 17.5. The molecule has 8 nitrogen and oxygen atoms in total. The fourth-order valence-electron chi connectivity index (χ4n) is 3.38. The van der Waals surface area contributed by atoms with Crippen LogP contribution >= 0.6 is 11.3 Å². The standard InChI is InChI=1S/C23H20N6O2S/c1-30-18-8-7-16(9-19(18)31-2)17-11-32-23(29-17)15-5-3-14(4-6-15)10-24-21-20-22(26-12-25-20)28-13-27-21/h3-9,11-13H,10H2,1-2H3,(H2,24,25,26,27,28). The Labute approximate surface area is 188 Å². The molecule has 32 heavy (non-hydrogen) atoms. The highest BCUT2D eigenvalue weighted by Crippen LogP contribution is 2.34. The van der Waals surface area contributed by atoms with E-state index in [1.165, 1.54) is 6.33 Å². The lowest BCUT2D eigenvalue weighted by molar-refractivity contribution is 0.355. The highest BCUT2D eigenvalue weighted by Gasteiger charge is 2.11. The van der Waals surface area contributed by atoms with Crippen molar-refractivity contribution in [2.45, 2.75) is 6.54 Å². The Kier molecular flexibility index (Phi) is 5.39. The third-order valence-corrected chi connectivity index (χ3v) is 5.96. The molecule has 3 aromatic heterocycles. The average molecular weight is 445 g/mol. The number of imidazole rings is 1. The van der Waals surface area contributed by atoms with Crippen LogP contribution in [0.5, 0.6) is 11.5 Å². The molecule has 0 aliphatic rings. The van der Waals surface area contributed by atoms with Crippen LogP contribution in [-0.4, -0.2) is 39.1 Å². The van der Waals surface area contributed by atoms with E-state index < -0.39 is 0 Å². The maximum Gasteiger partial charge on any atom is 0.182 e. The number of ether oxygens (including phenoxy) is 2. The van der Waals surface area contributed by atoms with Gasteiger partial charge in [0.15, 0.2) is 23.0 Å². The van der Waals surface area contributed by atoms with Crippen molar-refractivity contribution in [1.29, 1.82) is 0 Å². The van der Waals surface area contributed by atoms with Crippen LogP contribution in [0.25, 0.3) is 33.0 Å². The van der Waals surface area contributed by atoms with E-state index >= 15 is 0 Å². The number of nitrogens with zero attached hydrogens (tertiary/aromatic N) is 4. The lowest BCUT2D eigenvalue weighted by atomic mass is 10.1. The van der Waals surface area contributed by atoms with Gasteiger partial charge >= 0.3 is 0 Å². The van der Waals surface area contributed by atoms with Crippen molar-refractivity contribution in [3.63, 3.8) is 0 Å². The molecule has 0 bridgehead atoms. The van der Waals surface area contributed by atoms with Gasteiger partial charge in [-0.15, -0.1) is 11.3 Å². The van der Waals surface area contributed by atoms with Gasteiger partial charge in [-0.05, 0) is 23.8 Å². The summed E-state index contributed by atoms with van der Waals surface area (Å²) < 4.78 is 10.7. The number of benzene rings is 2. The van der Waals surface area contributed by atoms with Crippen molar-refractivity contribution in [3.8, 4) is 33.3 Å². The number of aromatic amines is 1. The van der Waals surface area contributed by atoms with Crippen LogP contribution in [0.15, 0.2) is 60.5 Å². The number of fused-ring (bicyclic) bond motifs is 1. The second kappa shape index (κ2) is 8.64. The second-order valence-corrected chi connectivity index (χ2v) is 7.84. The topological polar surface area (TPSA) is 97.8 Å². The molecule has 9 heteroatoms. The number of methoxy groups -OCH3 is 2. The van der Waals surface area contributed by atoms with Gasteiger partial charge in [-0.3, -0.25) is 0 Å². The van der Waals surface area contributed by atoms with E-state index in [0.29, 0.717) is 23.7 Å². The van der Waals surface area contributed by atoms with Gasteiger partial charge in [0.2, 0.25) is 0 Å². The van der Waals surface area contributed by atoms with Crippen LogP contribution in [0.1, 0.15) is 5.56 Å². The SMILES string of the molecule is COc1ccc(-c2csc(-c3ccc(CNc4ncnc5nc[nH]c45)cc3)n2)cc1OC. The Morgan fingerprint density at radius 2 is 1.75 bits per heavy atom. The molecule has 160 valence electrons. The van der Waals surface area contributed by atoms with Gasteiger partial charge < -0.3 is 19.8 Å². The van der Waals surface area contributed by atoms with Crippen LogP contribution < -0.4 is 14.8 Å². The molecule has 5 rings (SSSR count). The molecule has 0 aliphatic carbocycles. The van der Waals surface area contributed by atoms with E-state index in [-0.39, 0.29) is 0 Å². The summed E-state index contributed by atoms with van der Waals surface area (Å²) in [7, 11) is 3.26. The van der Waals surface area contributed by atoms with Gasteiger partial charge in [-0.2, -0.15) is 0 Å². The number of hydrogen-bond acceptors (Lipinski definition) is 8. The van der Waals surface area contributed by atoms with Gasteiger partial charge in [-0.25, -0.2) is 19.9 Å². The fourth-order valence-corrected chi connectivity index (χ4v) is 4.22. The van der Waals surface area contributed by atoms with Crippen molar-refractivity contribution in [2.24, 2.45) is 0 Å². The van der Waals surface area contributed by atoms with Gasteiger partial charge in [0.05, 0.1) is 26.2 Å². The maximum absolute atomic E-state index is 5.41. The van der Waals surface area contributed by atoms with Crippen molar-refractivity contribution in [1.82, 2.24) is 24.9 Å². The minimum absolute atomic E-state index is 0.639. The third-order valence-electron chi connectivity index (χ3n) is 5.07. The first kappa shape index (κ1) is 20.0. The molecule has 3 heterocycles. The number of anilines is 1. The largest absolute Gasteiger partial charge is 0.493 e. The zero-order valence-corrected chi connectivity index (χ0v) is 18.3. The van der Waals surface area contributed by atoms with Gasteiger partial charge in [0.25, 0.3) is 0 Å². The molecular formula is C23H20N6O2S. The van der Waals surface area contributed by atoms with Crippen molar-refractivity contribution >= 4 is 28.3 Å². The Balaban J connectivity index is 1.30. The first-order chi connectivity index (χ1) is 15.7. The van der Waals surface area contributed by atoms with E-state index in [1.54, 1.807) is 31.9 Å². The minimum Gasteiger partial charge on any atom is -0.493 e. The predicted octanol–water partition coefficient (Wildman–Crippen LogP) is 4.77. The summed E-state index contributed by atoms with van der Waals surface area (Å²) in [6.45, 7) is 0.639. The Morgan fingerprint density at radius 3 is 2.56 bits per heavy atom. The quantitative estimate of drug-likeness (QED) is 0.373. The van der Waals surface area contributed by atoms with Crippen LogP contribution in [0, 0.1) is 0 Å². The number of thiazole rings is 1. The molecule has 0 atom stereocenters. The van der Waals surface area contributed by atoms with E-state index in [0.717, 1.165) is 38.7 Å². The molecule has 0 spiro atoms. The third kappa shape index (κ3) is 3.85. The molecule has 0 amide bonds. The summed E-state index contributed by atoms with van der Waals surface area (Å²) in [6, 6.07) is 14.2. The molecule has 0 radical (unpaired) electrons. The summed E-state index contributed by atoms with van der Waals surface area (Å²) in [4.78, 5) is 20.5. The maximum atomic E-state index is 5.41. The fraction of sp³-hybridized carbons (Fsp3) is 0.130. The molecule has 0 saturated heterocycles. The summed E-state index contributed by atoms with van der Waals surface area (Å²) in [5.41, 5.74) is 5.55. The summed E-state index contributed by atoms with van der Waals surface area (Å²) >= 11 is 1.61. The van der Waals surface area contributed by atoms with E-state index in [4.69, 9.17) is 14.5 Å². The first-order valence-electron chi connectivity index (χ1n) is 9.90. The summed E-state index contributed by atoms with van der Waals surface area (Å²) in [6.07, 6.45) is 3.12. The highest BCUT2D eigenvalue weighted by molar-refractivity contribution is 7.13. The van der Waals surface area contributed by atoms with E-state index in [2.05, 4.69) is 54.9 Å². The molecule has 2 aromatic carbocycles. The zero-order chi connectivity index (χ0) is 21.9. The Bertz CT molecular complexity index is 1360. The van der Waals surface area contributed by atoms with Gasteiger partial charge in [-0.1, -0.05) is 24.3 Å². The molecule has 5 aromatic rings. The van der Waals surface area contributed by atoms with Gasteiger partial charge in [0, 0.05) is 23.1 Å². The summed E-state index contributed by atoms with van der Waals surface area (Å²) in [5, 5.41) is 6.35. The van der Waals surface area contributed by atoms with Crippen molar-refractivity contribution < 1.29 is 9.47 Å². The predicted molar refractivity (Wildman–Crippen MR) is 125 cm³/mol. The average Bonchev–Trinajstić information content (AvgIpc) is 3.53. The highest BCUT2D eigenvalue weighted by atomic mass is 32.1. The molecule has 0 saturated carbocycles. The Hall–Kier alpha value is -3.98. The van der Waals surface area contributed by atoms with Crippen molar-refractivity contribution in [3.05, 3.63) is 66.1 Å². The van der Waals surface area contributed by atoms with Crippen LogP contribution in [-0.2, 0) is 6.54 Å². The second-order valence-electron chi connectivity index (χ2n) is 6.98. The normalized spacial score (nSPS) is 10.9. The number of H-pyrrole nitrogens is 1. The van der Waals surface area contributed by atoms with Crippen LogP contribution in [0.4, 0.5) is 5.82 Å². The first-order valence-corrected chi connectivity index (χ1v) is 10.8. The van der Waals surface area contributed by atoms with E-state index in [9.17, 15) is 0 Å². The number of hydrogen-bond donors (Lipinski definition) is 2. The van der Waals surface area contributed by atoms with Crippen molar-refractivity contribution in [2.75, 3.05) is 19.5 Å². The van der Waals surface area contributed by atoms with Gasteiger partial charge in [0.1, 0.15) is 16.9 Å². The number of rotatable bonds is 7. The molecule has 0 aliphatic heterocycles. The summed E-state index contributed by atoms with van der Waals surface area (Å²) in [5.74, 6) is 2.12. The van der Waals surface area contributed by atoms with E-state index in [1.807, 2.05) is 18.2 Å². The molecule has 0 unspecified atom stereocenters. The lowest BCUT2D eigenvalue weighted by Gasteiger charge is -2.08. The Morgan fingerprint density at radius 1 is 0.938 bits per heavy atom. The smallest absolute Gasteiger partial charge is 0.182 e. The minimum atomic E-state index is 0.639. The van der Waals surface area contributed by atoms with Crippen LogP contribution in [0.3, 0.4) is 0 Å². The number of aromatic nitrogens is 5. The molecular weight excluding hydrogens is 424 g/mol.